The first-order valence-electron chi connectivity index (χ1n) is 9.54. The monoisotopic (exact) mass is 402 g/mol. The Kier molecular flexibility index (Phi) is 5.98. The lowest BCUT2D eigenvalue weighted by Crippen LogP contribution is -2.34. The second-order valence-electron chi connectivity index (χ2n) is 7.53. The Morgan fingerprint density at radius 3 is 2.79 bits per heavy atom. The molecule has 1 aromatic heterocycles. The zero-order chi connectivity index (χ0) is 20.4. The number of thiazole rings is 1. The van der Waals surface area contributed by atoms with Crippen molar-refractivity contribution in [1.29, 1.82) is 0 Å². The Morgan fingerprint density at radius 2 is 2.18 bits per heavy atom. The van der Waals surface area contributed by atoms with Gasteiger partial charge in [0.05, 0.1) is 21.7 Å². The summed E-state index contributed by atoms with van der Waals surface area (Å²) in [6.07, 6.45) is 2.16. The maximum atomic E-state index is 12.7. The van der Waals surface area contributed by atoms with Crippen LogP contribution < -0.4 is 10.2 Å². The molecule has 150 valence electrons. The van der Waals surface area contributed by atoms with Gasteiger partial charge in [-0.15, -0.1) is 11.3 Å². The summed E-state index contributed by atoms with van der Waals surface area (Å²) in [6, 6.07) is 4.56. The number of nitrogens with zero attached hydrogens (tertiary/aromatic N) is 3. The van der Waals surface area contributed by atoms with Crippen LogP contribution in [-0.4, -0.2) is 28.9 Å². The van der Waals surface area contributed by atoms with E-state index in [9.17, 15) is 14.9 Å². The molecule has 7 nitrogen and oxygen atoms in total. The summed E-state index contributed by atoms with van der Waals surface area (Å²) in [7, 11) is 0. The average molecular weight is 403 g/mol. The third kappa shape index (κ3) is 4.32. The number of hydrogen-bond donors (Lipinski definition) is 1. The van der Waals surface area contributed by atoms with Gasteiger partial charge in [-0.3, -0.25) is 14.9 Å². The zero-order valence-corrected chi connectivity index (χ0v) is 17.5. The number of aryl methyl sites for hydroxylation is 2. The lowest BCUT2D eigenvalue weighted by atomic mass is 9.99. The largest absolute Gasteiger partial charge is 0.366 e. The van der Waals surface area contributed by atoms with Crippen LogP contribution in [0, 0.1) is 29.9 Å². The number of piperidine rings is 1. The number of rotatable bonds is 5. The molecular formula is C20H26N4O3S. The van der Waals surface area contributed by atoms with Crippen molar-refractivity contribution >= 4 is 28.6 Å². The van der Waals surface area contributed by atoms with Crippen molar-refractivity contribution in [2.24, 2.45) is 5.92 Å². The van der Waals surface area contributed by atoms with Gasteiger partial charge < -0.3 is 10.2 Å². The number of amides is 1. The van der Waals surface area contributed by atoms with Crippen LogP contribution in [0.4, 0.5) is 11.4 Å². The first-order chi connectivity index (χ1) is 13.3. The fourth-order valence-corrected chi connectivity index (χ4v) is 4.71. The van der Waals surface area contributed by atoms with Crippen LogP contribution in [0.5, 0.6) is 0 Å². The molecule has 0 radical (unpaired) electrons. The Labute approximate surface area is 168 Å². The summed E-state index contributed by atoms with van der Waals surface area (Å²) < 4.78 is 0. The summed E-state index contributed by atoms with van der Waals surface area (Å²) in [5.41, 5.74) is 1.77. The van der Waals surface area contributed by atoms with Crippen molar-refractivity contribution in [3.63, 3.8) is 0 Å². The van der Waals surface area contributed by atoms with E-state index in [0.29, 0.717) is 17.2 Å². The predicted octanol–water partition coefficient (Wildman–Crippen LogP) is 4.40. The summed E-state index contributed by atoms with van der Waals surface area (Å²) in [5, 5.41) is 15.5. The summed E-state index contributed by atoms with van der Waals surface area (Å²) >= 11 is 1.55. The molecule has 1 aliphatic rings. The van der Waals surface area contributed by atoms with Crippen molar-refractivity contribution in [1.82, 2.24) is 10.3 Å². The zero-order valence-electron chi connectivity index (χ0n) is 16.7. The van der Waals surface area contributed by atoms with Gasteiger partial charge in [-0.25, -0.2) is 4.98 Å². The minimum atomic E-state index is -0.397. The summed E-state index contributed by atoms with van der Waals surface area (Å²) in [6.45, 7) is 9.51. The van der Waals surface area contributed by atoms with Gasteiger partial charge in [-0.2, -0.15) is 0 Å². The number of nitro groups is 1. The van der Waals surface area contributed by atoms with E-state index in [1.54, 1.807) is 23.5 Å². The number of anilines is 1. The van der Waals surface area contributed by atoms with Crippen molar-refractivity contribution < 1.29 is 9.72 Å². The van der Waals surface area contributed by atoms with Gasteiger partial charge in [0, 0.05) is 29.6 Å². The van der Waals surface area contributed by atoms with Crippen molar-refractivity contribution in [2.75, 3.05) is 18.0 Å². The number of nitrogens with one attached hydrogen (secondary N) is 1. The van der Waals surface area contributed by atoms with Gasteiger partial charge in [-0.1, -0.05) is 6.92 Å². The van der Waals surface area contributed by atoms with Gasteiger partial charge in [-0.05, 0) is 51.7 Å². The molecule has 2 heterocycles. The molecule has 1 amide bonds. The maximum absolute atomic E-state index is 12.7. The molecule has 1 aliphatic heterocycles. The van der Waals surface area contributed by atoms with Crippen LogP contribution in [0.1, 0.15) is 58.7 Å². The fourth-order valence-electron chi connectivity index (χ4n) is 3.78. The molecule has 28 heavy (non-hydrogen) atoms. The molecule has 3 rings (SSSR count). The smallest absolute Gasteiger partial charge is 0.293 e. The predicted molar refractivity (Wildman–Crippen MR) is 111 cm³/mol. The molecule has 1 N–H and O–H groups in total. The molecule has 8 heteroatoms. The minimum Gasteiger partial charge on any atom is -0.366 e. The van der Waals surface area contributed by atoms with Crippen molar-refractivity contribution in [3.8, 4) is 0 Å². The van der Waals surface area contributed by atoms with Crippen LogP contribution in [0.25, 0.3) is 0 Å². The highest BCUT2D eigenvalue weighted by molar-refractivity contribution is 7.11. The number of nitro benzene ring substituents is 1. The van der Waals surface area contributed by atoms with Gasteiger partial charge in [0.15, 0.2) is 0 Å². The number of benzene rings is 1. The molecule has 0 saturated carbocycles. The van der Waals surface area contributed by atoms with Gasteiger partial charge in [0.25, 0.3) is 11.6 Å². The maximum Gasteiger partial charge on any atom is 0.293 e. The van der Waals surface area contributed by atoms with Crippen molar-refractivity contribution in [3.05, 3.63) is 49.5 Å². The van der Waals surface area contributed by atoms with Crippen LogP contribution in [0.2, 0.25) is 0 Å². The third-order valence-electron chi connectivity index (χ3n) is 5.11. The second-order valence-corrected chi connectivity index (χ2v) is 8.77. The minimum absolute atomic E-state index is 0.0146. The molecule has 2 atom stereocenters. The summed E-state index contributed by atoms with van der Waals surface area (Å²) in [5.74, 6) is 0.183. The number of carbonyl (C=O) groups is 1. The van der Waals surface area contributed by atoms with Gasteiger partial charge in [0.1, 0.15) is 5.69 Å². The lowest BCUT2D eigenvalue weighted by molar-refractivity contribution is -0.384. The normalized spacial score (nSPS) is 18.0. The highest BCUT2D eigenvalue weighted by Crippen LogP contribution is 2.33. The molecule has 0 bridgehead atoms. The molecule has 1 fully saturated rings. The van der Waals surface area contributed by atoms with E-state index in [4.69, 9.17) is 0 Å². The lowest BCUT2D eigenvalue weighted by Gasteiger charge is -2.32. The van der Waals surface area contributed by atoms with E-state index in [-0.39, 0.29) is 17.6 Å². The quantitative estimate of drug-likeness (QED) is 0.592. The molecule has 0 unspecified atom stereocenters. The first-order valence-corrected chi connectivity index (χ1v) is 10.4. The first kappa shape index (κ1) is 20.3. The second kappa shape index (κ2) is 8.26. The van der Waals surface area contributed by atoms with E-state index >= 15 is 0 Å². The molecule has 0 aliphatic carbocycles. The molecule has 0 spiro atoms. The van der Waals surface area contributed by atoms with Crippen molar-refractivity contribution in [2.45, 2.75) is 46.6 Å². The molecular weight excluding hydrogens is 376 g/mol. The van der Waals surface area contributed by atoms with Gasteiger partial charge in [0.2, 0.25) is 0 Å². The Hall–Kier alpha value is -2.48. The van der Waals surface area contributed by atoms with E-state index in [1.165, 1.54) is 6.07 Å². The van der Waals surface area contributed by atoms with E-state index in [1.807, 2.05) is 20.8 Å². The van der Waals surface area contributed by atoms with Crippen LogP contribution in [-0.2, 0) is 0 Å². The number of carbonyl (C=O) groups excluding carboxylic acids is 1. The topological polar surface area (TPSA) is 88.4 Å². The van der Waals surface area contributed by atoms with Gasteiger partial charge >= 0.3 is 0 Å². The Morgan fingerprint density at radius 1 is 1.43 bits per heavy atom. The van der Waals surface area contributed by atoms with E-state index in [2.05, 4.69) is 22.1 Å². The Balaban J connectivity index is 1.82. The third-order valence-corrected chi connectivity index (χ3v) is 6.37. The standard InChI is InChI=1S/C20H26N4O3S/c1-12-6-5-9-23(11-12)17-8-7-16(10-18(17)24(26)27)20(25)22-14(3)19-13(2)21-15(4)28-19/h7-8,10,12,14H,5-6,9,11H2,1-4H3,(H,22,25)/t12-,14+/m1/s1. The van der Waals surface area contributed by atoms with Crippen LogP contribution in [0.3, 0.4) is 0 Å². The molecule has 1 aromatic carbocycles. The van der Waals surface area contributed by atoms with Crippen LogP contribution >= 0.6 is 11.3 Å². The number of aromatic nitrogens is 1. The molecule has 1 saturated heterocycles. The average Bonchev–Trinajstić information content (AvgIpc) is 2.99. The number of hydrogen-bond acceptors (Lipinski definition) is 6. The SMILES string of the molecule is Cc1nc(C)c([C@H](C)NC(=O)c2ccc(N3CCC[C@@H](C)C3)c([N+](=O)[O-])c2)s1. The molecule has 2 aromatic rings. The summed E-state index contributed by atoms with van der Waals surface area (Å²) in [4.78, 5) is 31.4. The van der Waals surface area contributed by atoms with E-state index in [0.717, 1.165) is 41.5 Å². The fraction of sp³-hybridized carbons (Fsp3) is 0.500. The highest BCUT2D eigenvalue weighted by Gasteiger charge is 2.26. The Bertz CT molecular complexity index is 896. The van der Waals surface area contributed by atoms with E-state index < -0.39 is 4.92 Å². The highest BCUT2D eigenvalue weighted by atomic mass is 32.1. The van der Waals surface area contributed by atoms with Crippen LogP contribution in [0.15, 0.2) is 18.2 Å².